The molecule has 5 nitrogen and oxygen atoms in total. The van der Waals surface area contributed by atoms with Crippen LogP contribution in [0.15, 0.2) is 0 Å². The SMILES string of the molecule is COCC(O)CN(C)C(=O)C1COC(C)C1. The zero-order valence-corrected chi connectivity index (χ0v) is 10.2. The molecule has 0 aromatic carbocycles. The number of amides is 1. The van der Waals surface area contributed by atoms with Crippen LogP contribution < -0.4 is 0 Å². The molecule has 1 fully saturated rings. The second-order valence-electron chi connectivity index (χ2n) is 4.40. The van der Waals surface area contributed by atoms with E-state index in [1.165, 1.54) is 7.11 Å². The molecule has 1 N–H and O–H groups in total. The zero-order chi connectivity index (χ0) is 12.1. The Morgan fingerprint density at radius 1 is 1.69 bits per heavy atom. The van der Waals surface area contributed by atoms with Gasteiger partial charge in [-0.15, -0.1) is 0 Å². The number of nitrogens with zero attached hydrogens (tertiary/aromatic N) is 1. The lowest BCUT2D eigenvalue weighted by Crippen LogP contribution is -2.39. The normalized spacial score (nSPS) is 26.8. The molecule has 0 aromatic heterocycles. The molecule has 1 aliphatic heterocycles. The largest absolute Gasteiger partial charge is 0.389 e. The molecule has 3 atom stereocenters. The predicted octanol–water partition coefficient (Wildman–Crippen LogP) is -0.123. The molecule has 0 spiro atoms. The Labute approximate surface area is 96.3 Å². The monoisotopic (exact) mass is 231 g/mol. The van der Waals surface area contributed by atoms with E-state index in [2.05, 4.69) is 0 Å². The van der Waals surface area contributed by atoms with Crippen LogP contribution in [0, 0.1) is 5.92 Å². The van der Waals surface area contributed by atoms with Gasteiger partial charge in [0.2, 0.25) is 5.91 Å². The summed E-state index contributed by atoms with van der Waals surface area (Å²) in [6.07, 6.45) is 0.300. The highest BCUT2D eigenvalue weighted by Gasteiger charge is 2.30. The summed E-state index contributed by atoms with van der Waals surface area (Å²) in [5, 5.41) is 9.51. The molecule has 1 saturated heterocycles. The Balaban J connectivity index is 2.35. The lowest BCUT2D eigenvalue weighted by Gasteiger charge is -2.22. The summed E-state index contributed by atoms with van der Waals surface area (Å²) in [7, 11) is 3.22. The van der Waals surface area contributed by atoms with E-state index in [4.69, 9.17) is 9.47 Å². The molecular weight excluding hydrogens is 210 g/mol. The van der Waals surface area contributed by atoms with Crippen molar-refractivity contribution in [1.29, 1.82) is 0 Å². The van der Waals surface area contributed by atoms with Crippen LogP contribution in [0.25, 0.3) is 0 Å². The van der Waals surface area contributed by atoms with Crippen molar-refractivity contribution < 1.29 is 19.4 Å². The summed E-state index contributed by atoms with van der Waals surface area (Å²) >= 11 is 0. The minimum absolute atomic E-state index is 0.0412. The number of hydrogen-bond acceptors (Lipinski definition) is 4. The maximum absolute atomic E-state index is 11.9. The van der Waals surface area contributed by atoms with Gasteiger partial charge in [0, 0.05) is 20.7 Å². The van der Waals surface area contributed by atoms with E-state index in [1.54, 1.807) is 11.9 Å². The van der Waals surface area contributed by atoms with Gasteiger partial charge in [0.1, 0.15) is 0 Å². The Morgan fingerprint density at radius 2 is 2.38 bits per heavy atom. The van der Waals surface area contributed by atoms with E-state index in [-0.39, 0.29) is 24.5 Å². The van der Waals surface area contributed by atoms with Crippen molar-refractivity contribution in [3.8, 4) is 0 Å². The number of carbonyl (C=O) groups excluding carboxylic acids is 1. The molecule has 5 heteroatoms. The van der Waals surface area contributed by atoms with Gasteiger partial charge >= 0.3 is 0 Å². The third-order valence-electron chi connectivity index (χ3n) is 2.77. The molecule has 0 aliphatic carbocycles. The number of likely N-dealkylation sites (N-methyl/N-ethyl adjacent to an activating group) is 1. The lowest BCUT2D eigenvalue weighted by atomic mass is 10.0. The van der Waals surface area contributed by atoms with Crippen LogP contribution in [0.2, 0.25) is 0 Å². The van der Waals surface area contributed by atoms with Crippen LogP contribution in [0.3, 0.4) is 0 Å². The van der Waals surface area contributed by atoms with Crippen molar-refractivity contribution in [1.82, 2.24) is 4.90 Å². The third-order valence-corrected chi connectivity index (χ3v) is 2.77. The molecule has 1 aliphatic rings. The molecule has 94 valence electrons. The topological polar surface area (TPSA) is 59.0 Å². The van der Waals surface area contributed by atoms with Crippen molar-refractivity contribution in [2.75, 3.05) is 33.9 Å². The predicted molar refractivity (Wildman–Crippen MR) is 59.0 cm³/mol. The number of ether oxygens (including phenoxy) is 2. The van der Waals surface area contributed by atoms with E-state index < -0.39 is 6.10 Å². The lowest BCUT2D eigenvalue weighted by molar-refractivity contribution is -0.135. The van der Waals surface area contributed by atoms with Crippen LogP contribution in [0.4, 0.5) is 0 Å². The Kier molecular flexibility index (Phi) is 5.18. The van der Waals surface area contributed by atoms with Crippen molar-refractivity contribution in [2.45, 2.75) is 25.6 Å². The fraction of sp³-hybridized carbons (Fsp3) is 0.909. The number of aliphatic hydroxyl groups excluding tert-OH is 1. The molecule has 0 saturated carbocycles. The Hall–Kier alpha value is -0.650. The van der Waals surface area contributed by atoms with E-state index in [9.17, 15) is 9.90 Å². The summed E-state index contributed by atoms with van der Waals surface area (Å²) in [5.74, 6) is -0.0192. The van der Waals surface area contributed by atoms with E-state index in [1.807, 2.05) is 6.92 Å². The summed E-state index contributed by atoms with van der Waals surface area (Å²) in [4.78, 5) is 13.5. The molecule has 0 bridgehead atoms. The highest BCUT2D eigenvalue weighted by atomic mass is 16.5. The number of rotatable bonds is 5. The summed E-state index contributed by atoms with van der Waals surface area (Å²) in [6, 6.07) is 0. The standard InChI is InChI=1S/C11H21NO4/c1-8-4-9(6-16-8)11(14)12(2)5-10(13)7-15-3/h8-10,13H,4-7H2,1-3H3. The quantitative estimate of drug-likeness (QED) is 0.716. The van der Waals surface area contributed by atoms with Gasteiger partial charge in [0.15, 0.2) is 0 Å². The summed E-state index contributed by atoms with van der Waals surface area (Å²) in [5.41, 5.74) is 0. The van der Waals surface area contributed by atoms with Crippen molar-refractivity contribution in [3.05, 3.63) is 0 Å². The van der Waals surface area contributed by atoms with E-state index in [0.717, 1.165) is 6.42 Å². The third kappa shape index (κ3) is 3.73. The first-order valence-corrected chi connectivity index (χ1v) is 5.58. The van der Waals surface area contributed by atoms with Gasteiger partial charge in [0.05, 0.1) is 31.3 Å². The zero-order valence-electron chi connectivity index (χ0n) is 10.2. The molecule has 1 heterocycles. The second-order valence-corrected chi connectivity index (χ2v) is 4.40. The van der Waals surface area contributed by atoms with Gasteiger partial charge in [0.25, 0.3) is 0 Å². The van der Waals surface area contributed by atoms with Crippen LogP contribution in [-0.4, -0.2) is 62.0 Å². The first kappa shape index (κ1) is 13.4. The first-order valence-electron chi connectivity index (χ1n) is 5.58. The molecule has 3 unspecified atom stereocenters. The number of carbonyl (C=O) groups is 1. The van der Waals surface area contributed by atoms with Gasteiger partial charge in [-0.2, -0.15) is 0 Å². The van der Waals surface area contributed by atoms with E-state index >= 15 is 0 Å². The van der Waals surface area contributed by atoms with Gasteiger partial charge in [-0.1, -0.05) is 0 Å². The fourth-order valence-corrected chi connectivity index (χ4v) is 1.95. The molecule has 1 amide bonds. The van der Waals surface area contributed by atoms with Crippen LogP contribution >= 0.6 is 0 Å². The molecule has 0 radical (unpaired) electrons. The van der Waals surface area contributed by atoms with Gasteiger partial charge in [-0.3, -0.25) is 4.79 Å². The van der Waals surface area contributed by atoms with Crippen LogP contribution in [-0.2, 0) is 14.3 Å². The van der Waals surface area contributed by atoms with Gasteiger partial charge in [-0.05, 0) is 13.3 Å². The smallest absolute Gasteiger partial charge is 0.227 e. The van der Waals surface area contributed by atoms with E-state index in [0.29, 0.717) is 13.2 Å². The Bertz CT molecular complexity index is 234. The van der Waals surface area contributed by atoms with Crippen molar-refractivity contribution >= 4 is 5.91 Å². The van der Waals surface area contributed by atoms with Gasteiger partial charge < -0.3 is 19.5 Å². The number of methoxy groups -OCH3 is 1. The van der Waals surface area contributed by atoms with Crippen LogP contribution in [0.5, 0.6) is 0 Å². The number of aliphatic hydroxyl groups is 1. The average molecular weight is 231 g/mol. The van der Waals surface area contributed by atoms with Crippen LogP contribution in [0.1, 0.15) is 13.3 Å². The maximum Gasteiger partial charge on any atom is 0.227 e. The van der Waals surface area contributed by atoms with Crippen molar-refractivity contribution in [3.63, 3.8) is 0 Å². The highest BCUT2D eigenvalue weighted by Crippen LogP contribution is 2.20. The fourth-order valence-electron chi connectivity index (χ4n) is 1.95. The maximum atomic E-state index is 11.9. The molecular formula is C11H21NO4. The van der Waals surface area contributed by atoms with Gasteiger partial charge in [-0.25, -0.2) is 0 Å². The summed E-state index contributed by atoms with van der Waals surface area (Å²) < 4.78 is 10.2. The molecule has 16 heavy (non-hydrogen) atoms. The second kappa shape index (κ2) is 6.18. The average Bonchev–Trinajstić information content (AvgIpc) is 2.64. The molecule has 1 rings (SSSR count). The Morgan fingerprint density at radius 3 is 2.88 bits per heavy atom. The minimum atomic E-state index is -0.626. The minimum Gasteiger partial charge on any atom is -0.389 e. The first-order chi connectivity index (χ1) is 7.54. The summed E-state index contributed by atoms with van der Waals surface area (Å²) in [6.45, 7) is 3.00. The highest BCUT2D eigenvalue weighted by molar-refractivity contribution is 5.79. The number of hydrogen-bond donors (Lipinski definition) is 1. The molecule has 0 aromatic rings. The van der Waals surface area contributed by atoms with Crippen molar-refractivity contribution in [2.24, 2.45) is 5.92 Å².